The van der Waals surface area contributed by atoms with Crippen LogP contribution in [-0.4, -0.2) is 21.1 Å². The first-order valence-electron chi connectivity index (χ1n) is 8.86. The number of aromatic amines is 1. The van der Waals surface area contributed by atoms with Gasteiger partial charge in [0, 0.05) is 28.7 Å². The molecule has 0 unspecified atom stereocenters. The predicted molar refractivity (Wildman–Crippen MR) is 111 cm³/mol. The zero-order valence-corrected chi connectivity index (χ0v) is 15.3. The Kier molecular flexibility index (Phi) is 5.15. The molecule has 144 valence electrons. The third-order valence-corrected chi connectivity index (χ3v) is 4.27. The van der Waals surface area contributed by atoms with Crippen LogP contribution in [0, 0.1) is 10.1 Å². The van der Waals surface area contributed by atoms with Crippen molar-refractivity contribution in [2.45, 2.75) is 6.61 Å². The zero-order valence-electron chi connectivity index (χ0n) is 15.3. The van der Waals surface area contributed by atoms with Crippen molar-refractivity contribution in [3.63, 3.8) is 0 Å². The molecule has 0 saturated carbocycles. The fourth-order valence-corrected chi connectivity index (χ4v) is 2.79. The number of benzene rings is 2. The molecule has 0 atom stereocenters. The maximum atomic E-state index is 10.7. The number of fused-ring (bicyclic) bond motifs is 1. The van der Waals surface area contributed by atoms with Gasteiger partial charge in [-0.2, -0.15) is 5.10 Å². The van der Waals surface area contributed by atoms with Crippen LogP contribution >= 0.6 is 0 Å². The van der Waals surface area contributed by atoms with Gasteiger partial charge in [-0.15, -0.1) is 0 Å². The Balaban J connectivity index is 1.45. The van der Waals surface area contributed by atoms with E-state index in [0.717, 1.165) is 27.8 Å². The number of nitro groups is 1. The molecular formula is C21H17N5O3. The number of hydrogen-bond donors (Lipinski definition) is 2. The molecule has 0 amide bonds. The number of H-pyrrole nitrogens is 1. The summed E-state index contributed by atoms with van der Waals surface area (Å²) in [5.41, 5.74) is 5.64. The smallest absolute Gasteiger partial charge is 0.287 e. The Hall–Kier alpha value is -4.20. The van der Waals surface area contributed by atoms with E-state index in [1.807, 2.05) is 54.7 Å². The molecule has 0 radical (unpaired) electrons. The first kappa shape index (κ1) is 18.2. The van der Waals surface area contributed by atoms with Crippen molar-refractivity contribution in [1.82, 2.24) is 9.97 Å². The number of hydrogen-bond acceptors (Lipinski definition) is 6. The lowest BCUT2D eigenvalue weighted by Gasteiger charge is -2.06. The summed E-state index contributed by atoms with van der Waals surface area (Å²) in [5, 5.41) is 15.8. The zero-order chi connectivity index (χ0) is 20.1. The van der Waals surface area contributed by atoms with Crippen LogP contribution in [0.2, 0.25) is 0 Å². The maximum absolute atomic E-state index is 10.7. The molecule has 4 aromatic rings. The van der Waals surface area contributed by atoms with Crippen LogP contribution in [0.5, 0.6) is 5.75 Å². The van der Waals surface area contributed by atoms with E-state index in [-0.39, 0.29) is 5.69 Å². The molecule has 2 aromatic heterocycles. The fourth-order valence-electron chi connectivity index (χ4n) is 2.79. The molecule has 2 heterocycles. The van der Waals surface area contributed by atoms with Crippen molar-refractivity contribution in [3.05, 3.63) is 94.3 Å². The molecule has 29 heavy (non-hydrogen) atoms. The van der Waals surface area contributed by atoms with E-state index in [9.17, 15) is 10.1 Å². The quantitative estimate of drug-likeness (QED) is 0.276. The van der Waals surface area contributed by atoms with Gasteiger partial charge in [0.25, 0.3) is 5.69 Å². The van der Waals surface area contributed by atoms with E-state index in [0.29, 0.717) is 12.4 Å². The van der Waals surface area contributed by atoms with Gasteiger partial charge in [-0.25, -0.2) is 4.98 Å². The molecule has 0 aliphatic carbocycles. The summed E-state index contributed by atoms with van der Waals surface area (Å²) in [6, 6.07) is 18.7. The molecule has 8 heteroatoms. The lowest BCUT2D eigenvalue weighted by atomic mass is 10.2. The highest BCUT2D eigenvalue weighted by molar-refractivity contribution is 5.99. The summed E-state index contributed by atoms with van der Waals surface area (Å²) in [5.74, 6) is 1.18. The molecular weight excluding hydrogens is 370 g/mol. The number of ether oxygens (including phenoxy) is 1. The van der Waals surface area contributed by atoms with Gasteiger partial charge < -0.3 is 9.72 Å². The van der Waals surface area contributed by atoms with Crippen molar-refractivity contribution in [3.8, 4) is 5.75 Å². The fraction of sp³-hybridized carbons (Fsp3) is 0.0476. The van der Waals surface area contributed by atoms with E-state index in [1.54, 1.807) is 6.21 Å². The molecule has 2 aromatic carbocycles. The molecule has 0 saturated heterocycles. The van der Waals surface area contributed by atoms with Crippen molar-refractivity contribution in [2.24, 2.45) is 5.10 Å². The Morgan fingerprint density at radius 1 is 1.17 bits per heavy atom. The summed E-state index contributed by atoms with van der Waals surface area (Å²) in [6.45, 7) is 0.494. The van der Waals surface area contributed by atoms with Crippen LogP contribution in [0.4, 0.5) is 11.5 Å². The Bertz CT molecular complexity index is 1150. The molecule has 2 N–H and O–H groups in total. The summed E-state index contributed by atoms with van der Waals surface area (Å²) in [4.78, 5) is 17.3. The van der Waals surface area contributed by atoms with Crippen molar-refractivity contribution in [2.75, 3.05) is 5.43 Å². The van der Waals surface area contributed by atoms with Crippen LogP contribution in [-0.2, 0) is 6.61 Å². The molecule has 0 fully saturated rings. The number of nitrogens with one attached hydrogen (secondary N) is 2. The maximum Gasteiger partial charge on any atom is 0.287 e. The average Bonchev–Trinajstić information content (AvgIpc) is 3.16. The Morgan fingerprint density at radius 2 is 2.03 bits per heavy atom. The van der Waals surface area contributed by atoms with Crippen LogP contribution in [0.25, 0.3) is 10.9 Å². The van der Waals surface area contributed by atoms with Crippen LogP contribution in [0.3, 0.4) is 0 Å². The second kappa shape index (κ2) is 8.22. The van der Waals surface area contributed by atoms with Gasteiger partial charge in [-0.1, -0.05) is 30.3 Å². The Morgan fingerprint density at radius 3 is 2.79 bits per heavy atom. The van der Waals surface area contributed by atoms with E-state index in [2.05, 4.69) is 20.5 Å². The van der Waals surface area contributed by atoms with Gasteiger partial charge in [-0.05, 0) is 29.8 Å². The van der Waals surface area contributed by atoms with Crippen LogP contribution < -0.4 is 10.2 Å². The second-order valence-corrected chi connectivity index (χ2v) is 6.25. The summed E-state index contributed by atoms with van der Waals surface area (Å²) in [7, 11) is 0. The van der Waals surface area contributed by atoms with E-state index < -0.39 is 4.92 Å². The number of nitrogens with zero attached hydrogens (tertiary/aromatic N) is 3. The number of pyridine rings is 1. The lowest BCUT2D eigenvalue weighted by molar-refractivity contribution is -0.385. The largest absolute Gasteiger partial charge is 0.489 e. The SMILES string of the molecule is O=[N+]([O-])c1ccc(N/N=C\c2c[nH]c3ccc(OCc4ccccc4)cc23)nc1. The number of aromatic nitrogens is 2. The predicted octanol–water partition coefficient (Wildman–Crippen LogP) is 4.50. The third-order valence-electron chi connectivity index (χ3n) is 4.27. The number of anilines is 1. The van der Waals surface area contributed by atoms with E-state index >= 15 is 0 Å². The highest BCUT2D eigenvalue weighted by atomic mass is 16.6. The average molecular weight is 387 g/mol. The van der Waals surface area contributed by atoms with Crippen LogP contribution in [0.1, 0.15) is 11.1 Å². The van der Waals surface area contributed by atoms with Crippen molar-refractivity contribution < 1.29 is 9.66 Å². The number of hydrazone groups is 1. The van der Waals surface area contributed by atoms with E-state index in [4.69, 9.17) is 4.74 Å². The summed E-state index contributed by atoms with van der Waals surface area (Å²) in [6.07, 6.45) is 4.68. The normalized spacial score (nSPS) is 11.0. The van der Waals surface area contributed by atoms with Gasteiger partial charge >= 0.3 is 0 Å². The highest BCUT2D eigenvalue weighted by Gasteiger charge is 2.06. The number of rotatable bonds is 7. The minimum Gasteiger partial charge on any atom is -0.489 e. The first-order chi connectivity index (χ1) is 14.2. The minimum absolute atomic E-state index is 0.0702. The molecule has 0 aliphatic rings. The van der Waals surface area contributed by atoms with Gasteiger partial charge in [0.05, 0.1) is 11.1 Å². The molecule has 0 aliphatic heterocycles. The summed E-state index contributed by atoms with van der Waals surface area (Å²) >= 11 is 0. The monoisotopic (exact) mass is 387 g/mol. The van der Waals surface area contributed by atoms with Crippen molar-refractivity contribution in [1.29, 1.82) is 0 Å². The van der Waals surface area contributed by atoms with Gasteiger partial charge in [0.2, 0.25) is 0 Å². The van der Waals surface area contributed by atoms with Gasteiger partial charge in [-0.3, -0.25) is 15.5 Å². The third kappa shape index (κ3) is 4.38. The standard InChI is InChI=1S/C21H17N5O3/c27-26(28)17-6-9-21(23-13-17)25-24-12-16-11-22-20-8-7-18(10-19(16)20)29-14-15-4-2-1-3-5-15/h1-13,22H,14H2,(H,23,25)/b24-12-. The lowest BCUT2D eigenvalue weighted by Crippen LogP contribution is -1.95. The Labute approximate surface area is 166 Å². The second-order valence-electron chi connectivity index (χ2n) is 6.25. The highest BCUT2D eigenvalue weighted by Crippen LogP contribution is 2.23. The molecule has 0 spiro atoms. The van der Waals surface area contributed by atoms with Crippen LogP contribution in [0.15, 0.2) is 78.2 Å². The van der Waals surface area contributed by atoms with Gasteiger partial charge in [0.15, 0.2) is 0 Å². The molecule has 0 bridgehead atoms. The van der Waals surface area contributed by atoms with Gasteiger partial charge in [0.1, 0.15) is 24.4 Å². The first-order valence-corrected chi connectivity index (χ1v) is 8.86. The summed E-state index contributed by atoms with van der Waals surface area (Å²) < 4.78 is 5.89. The molecule has 8 nitrogen and oxygen atoms in total. The molecule has 4 rings (SSSR count). The van der Waals surface area contributed by atoms with Crippen molar-refractivity contribution >= 4 is 28.6 Å². The minimum atomic E-state index is -0.497. The van der Waals surface area contributed by atoms with E-state index in [1.165, 1.54) is 18.3 Å². The topological polar surface area (TPSA) is 105 Å².